The van der Waals surface area contributed by atoms with E-state index in [1.54, 1.807) is 0 Å². The maximum Gasteiger partial charge on any atom is 0.490 e. The van der Waals surface area contributed by atoms with Crippen LogP contribution < -0.4 is 5.73 Å². The number of hydrogen-bond donors (Lipinski definition) is 2. The highest BCUT2D eigenvalue weighted by Crippen LogP contribution is 2.42. The first-order valence-electron chi connectivity index (χ1n) is 7.39. The van der Waals surface area contributed by atoms with Gasteiger partial charge in [-0.2, -0.15) is 13.2 Å². The largest absolute Gasteiger partial charge is 0.490 e. The van der Waals surface area contributed by atoms with Crippen LogP contribution in [0.4, 0.5) is 18.0 Å². The molecule has 0 bridgehead atoms. The molecule has 2 aliphatic rings. The van der Waals surface area contributed by atoms with Gasteiger partial charge in [0.1, 0.15) is 17.1 Å². The molecule has 0 aliphatic carbocycles. The number of ether oxygens (including phenoxy) is 2. The van der Waals surface area contributed by atoms with E-state index < -0.39 is 23.2 Å². The monoisotopic (exact) mass is 370 g/mol. The Labute approximate surface area is 142 Å². The van der Waals surface area contributed by atoms with Gasteiger partial charge in [0, 0.05) is 26.1 Å². The molecule has 2 fully saturated rings. The molecule has 1 amide bonds. The van der Waals surface area contributed by atoms with Crippen LogP contribution in [0.3, 0.4) is 0 Å². The molecule has 144 valence electrons. The number of hydrogen-bond acceptors (Lipinski definition) is 6. The number of rotatable bonds is 1. The Morgan fingerprint density at radius 1 is 1.36 bits per heavy atom. The summed E-state index contributed by atoms with van der Waals surface area (Å²) >= 11 is 0. The molecule has 1 atom stereocenters. The van der Waals surface area contributed by atoms with Crippen LogP contribution >= 0.6 is 0 Å². The molecule has 0 radical (unpaired) electrons. The molecular weight excluding hydrogens is 349 g/mol. The van der Waals surface area contributed by atoms with Crippen molar-refractivity contribution in [3.63, 3.8) is 0 Å². The lowest BCUT2D eigenvalue weighted by Crippen LogP contribution is -2.61. The van der Waals surface area contributed by atoms with Gasteiger partial charge in [0.2, 0.25) is 0 Å². The fraction of sp³-hybridized carbons (Fsp3) is 0.786. The van der Waals surface area contributed by atoms with Crippen LogP contribution in [0, 0.1) is 5.41 Å². The first-order valence-corrected chi connectivity index (χ1v) is 7.39. The molecule has 8 nitrogen and oxygen atoms in total. The zero-order chi connectivity index (χ0) is 19.6. The second-order valence-corrected chi connectivity index (χ2v) is 6.89. The molecule has 0 saturated carbocycles. The zero-order valence-corrected chi connectivity index (χ0v) is 14.1. The van der Waals surface area contributed by atoms with E-state index in [2.05, 4.69) is 0 Å². The van der Waals surface area contributed by atoms with Crippen molar-refractivity contribution < 1.29 is 42.1 Å². The molecule has 2 rings (SSSR count). The molecule has 1 spiro atoms. The number of alkyl halides is 3. The summed E-state index contributed by atoms with van der Waals surface area (Å²) in [6.07, 6.45) is -5.07. The topological polar surface area (TPSA) is 119 Å². The number of halogens is 3. The normalized spacial score (nSPS) is 21.8. The van der Waals surface area contributed by atoms with Crippen LogP contribution in [-0.2, 0) is 19.1 Å². The number of nitrogens with two attached hydrogens (primary N) is 1. The second kappa shape index (κ2) is 7.06. The summed E-state index contributed by atoms with van der Waals surface area (Å²) in [5, 5.41) is 7.12. The van der Waals surface area contributed by atoms with Gasteiger partial charge in [-0.15, -0.1) is 0 Å². The molecule has 0 aromatic rings. The predicted molar refractivity (Wildman–Crippen MR) is 77.5 cm³/mol. The van der Waals surface area contributed by atoms with E-state index in [4.69, 9.17) is 25.1 Å². The Hall–Kier alpha value is -2.04. The summed E-state index contributed by atoms with van der Waals surface area (Å²) in [5.41, 5.74) is 4.43. The fourth-order valence-corrected chi connectivity index (χ4v) is 2.37. The quantitative estimate of drug-likeness (QED) is 0.664. The molecule has 11 heteroatoms. The first-order chi connectivity index (χ1) is 11.2. The maximum absolute atomic E-state index is 11.8. The van der Waals surface area contributed by atoms with Crippen molar-refractivity contribution in [3.8, 4) is 0 Å². The lowest BCUT2D eigenvalue weighted by atomic mass is 9.77. The van der Waals surface area contributed by atoms with Crippen LogP contribution in [0.25, 0.3) is 0 Å². The number of carbonyl (C=O) groups is 3. The summed E-state index contributed by atoms with van der Waals surface area (Å²) < 4.78 is 42.1. The minimum atomic E-state index is -5.08. The summed E-state index contributed by atoms with van der Waals surface area (Å²) in [7, 11) is 0. The number of cyclic esters (lactones) is 1. The predicted octanol–water partition coefficient (Wildman–Crippen LogP) is 1.13. The molecule has 2 aliphatic heterocycles. The Bertz CT molecular complexity index is 538. The Morgan fingerprint density at radius 3 is 2.16 bits per heavy atom. The maximum atomic E-state index is 11.8. The number of carboxylic acids is 1. The van der Waals surface area contributed by atoms with Gasteiger partial charge in [0.25, 0.3) is 0 Å². The van der Waals surface area contributed by atoms with Crippen LogP contribution in [0.2, 0.25) is 0 Å². The number of likely N-dealkylation sites (tertiary alicyclic amines) is 1. The highest BCUT2D eigenvalue weighted by molar-refractivity contribution is 5.84. The number of amides is 1. The average Bonchev–Trinajstić information content (AvgIpc) is 2.71. The third-order valence-electron chi connectivity index (χ3n) is 3.47. The summed E-state index contributed by atoms with van der Waals surface area (Å²) in [6, 6.07) is 0. The Balaban J connectivity index is 0.000000381. The summed E-state index contributed by atoms with van der Waals surface area (Å²) in [6.45, 7) is 6.52. The number of aliphatic carboxylic acids is 1. The van der Waals surface area contributed by atoms with Crippen molar-refractivity contribution in [1.29, 1.82) is 0 Å². The summed E-state index contributed by atoms with van der Waals surface area (Å²) in [4.78, 5) is 33.9. The first kappa shape index (κ1) is 21.0. The second-order valence-electron chi connectivity index (χ2n) is 6.89. The van der Waals surface area contributed by atoms with E-state index in [0.717, 1.165) is 0 Å². The molecule has 25 heavy (non-hydrogen) atoms. The van der Waals surface area contributed by atoms with Crippen molar-refractivity contribution in [2.75, 3.05) is 19.6 Å². The minimum absolute atomic E-state index is 0.210. The molecule has 1 unspecified atom stereocenters. The van der Waals surface area contributed by atoms with Crippen LogP contribution in [0.15, 0.2) is 0 Å². The van der Waals surface area contributed by atoms with Crippen molar-refractivity contribution in [3.05, 3.63) is 0 Å². The fourth-order valence-electron chi connectivity index (χ4n) is 2.37. The van der Waals surface area contributed by atoms with Crippen molar-refractivity contribution in [2.24, 2.45) is 11.1 Å². The number of nitrogens with zero attached hydrogens (tertiary/aromatic N) is 1. The SMILES string of the molecule is CC(C)(C)OC(=O)N1CC2(CC(CN)OC2=O)C1.O=C(O)C(F)(F)F. The minimum Gasteiger partial charge on any atom is -0.475 e. The van der Waals surface area contributed by atoms with Gasteiger partial charge >= 0.3 is 24.2 Å². The Kier molecular flexibility index (Phi) is 5.93. The Morgan fingerprint density at radius 2 is 1.84 bits per heavy atom. The zero-order valence-electron chi connectivity index (χ0n) is 14.1. The van der Waals surface area contributed by atoms with Gasteiger partial charge in [-0.25, -0.2) is 9.59 Å². The molecule has 2 saturated heterocycles. The van der Waals surface area contributed by atoms with E-state index in [-0.39, 0.29) is 18.2 Å². The highest BCUT2D eigenvalue weighted by atomic mass is 19.4. The molecule has 0 aromatic carbocycles. The molecule has 0 aromatic heterocycles. The van der Waals surface area contributed by atoms with E-state index in [1.165, 1.54) is 4.90 Å². The van der Waals surface area contributed by atoms with Crippen LogP contribution in [0.1, 0.15) is 27.2 Å². The number of carbonyl (C=O) groups excluding carboxylic acids is 2. The summed E-state index contributed by atoms with van der Waals surface area (Å²) in [5.74, 6) is -3.00. The third-order valence-corrected chi connectivity index (χ3v) is 3.47. The molecule has 3 N–H and O–H groups in total. The van der Waals surface area contributed by atoms with Crippen molar-refractivity contribution in [2.45, 2.75) is 45.1 Å². The highest BCUT2D eigenvalue weighted by Gasteiger charge is 2.58. The number of esters is 1. The molecular formula is C14H21F3N2O6. The molecule has 2 heterocycles. The van der Waals surface area contributed by atoms with Crippen LogP contribution in [-0.4, -0.2) is 65.6 Å². The van der Waals surface area contributed by atoms with Gasteiger partial charge in [-0.3, -0.25) is 4.79 Å². The van der Waals surface area contributed by atoms with Crippen molar-refractivity contribution in [1.82, 2.24) is 4.90 Å². The van der Waals surface area contributed by atoms with Crippen molar-refractivity contribution >= 4 is 18.0 Å². The lowest BCUT2D eigenvalue weighted by molar-refractivity contribution is -0.192. The third kappa shape index (κ3) is 5.48. The standard InChI is InChI=1S/C12H20N2O4.C2HF3O2/c1-11(2,3)18-10(16)14-6-12(7-14)4-8(5-13)17-9(12)15;3-2(4,5)1(6)7/h8H,4-7,13H2,1-3H3;(H,6,7). The van der Waals surface area contributed by atoms with Gasteiger partial charge < -0.3 is 25.2 Å². The van der Waals surface area contributed by atoms with Crippen LogP contribution in [0.5, 0.6) is 0 Å². The van der Waals surface area contributed by atoms with E-state index in [0.29, 0.717) is 26.1 Å². The number of carboxylic acid groups (broad SMARTS) is 1. The van der Waals surface area contributed by atoms with Gasteiger partial charge in [-0.1, -0.05) is 0 Å². The van der Waals surface area contributed by atoms with E-state index in [9.17, 15) is 22.8 Å². The van der Waals surface area contributed by atoms with Gasteiger partial charge in [0.15, 0.2) is 0 Å². The lowest BCUT2D eigenvalue weighted by Gasteiger charge is -2.44. The van der Waals surface area contributed by atoms with Gasteiger partial charge in [-0.05, 0) is 20.8 Å². The average molecular weight is 370 g/mol. The van der Waals surface area contributed by atoms with E-state index in [1.807, 2.05) is 20.8 Å². The smallest absolute Gasteiger partial charge is 0.475 e. The van der Waals surface area contributed by atoms with E-state index >= 15 is 0 Å². The van der Waals surface area contributed by atoms with Gasteiger partial charge in [0.05, 0.1) is 0 Å².